The number of benzene rings is 1. The molecule has 2 rings (SSSR count). The van der Waals surface area contributed by atoms with E-state index in [1.807, 2.05) is 6.92 Å². The zero-order chi connectivity index (χ0) is 16.1. The lowest BCUT2D eigenvalue weighted by atomic mass is 10.2. The van der Waals surface area contributed by atoms with E-state index in [0.717, 1.165) is 5.69 Å². The number of aliphatic hydroxyl groups excluding tert-OH is 1. The first-order chi connectivity index (χ1) is 10.5. The van der Waals surface area contributed by atoms with E-state index in [1.54, 1.807) is 29.8 Å². The number of nitrogens with zero attached hydrogens (tertiary/aromatic N) is 2. The van der Waals surface area contributed by atoms with Gasteiger partial charge in [0.25, 0.3) is 0 Å². The molecule has 1 unspecified atom stereocenters. The summed E-state index contributed by atoms with van der Waals surface area (Å²) in [5, 5.41) is 18.4. The first-order valence-electron chi connectivity index (χ1n) is 7.00. The minimum atomic E-state index is -0.385. The highest BCUT2D eigenvalue weighted by Crippen LogP contribution is 2.15. The van der Waals surface area contributed by atoms with Crippen LogP contribution in [0.4, 0.5) is 15.0 Å². The van der Waals surface area contributed by atoms with E-state index >= 15 is 0 Å². The van der Waals surface area contributed by atoms with E-state index in [0.29, 0.717) is 17.9 Å². The van der Waals surface area contributed by atoms with E-state index < -0.39 is 0 Å². The Labute approximate surface area is 128 Å². The SMILES string of the molecule is Cc1cc(NC(=O)NC(C)CCO)nn1-c1ccc(F)cc1. The molecule has 0 fully saturated rings. The second-order valence-electron chi connectivity index (χ2n) is 5.07. The first-order valence-corrected chi connectivity index (χ1v) is 7.00. The monoisotopic (exact) mass is 306 g/mol. The molecule has 1 heterocycles. The van der Waals surface area contributed by atoms with Crippen LogP contribution >= 0.6 is 0 Å². The van der Waals surface area contributed by atoms with Gasteiger partial charge in [-0.3, -0.25) is 5.32 Å². The summed E-state index contributed by atoms with van der Waals surface area (Å²) in [7, 11) is 0. The third-order valence-corrected chi connectivity index (χ3v) is 3.14. The van der Waals surface area contributed by atoms with Crippen LogP contribution in [0.1, 0.15) is 19.0 Å². The van der Waals surface area contributed by atoms with E-state index in [-0.39, 0.29) is 24.5 Å². The van der Waals surface area contributed by atoms with E-state index in [2.05, 4.69) is 15.7 Å². The minimum Gasteiger partial charge on any atom is -0.396 e. The topological polar surface area (TPSA) is 79.2 Å². The lowest BCUT2D eigenvalue weighted by molar-refractivity contribution is 0.241. The minimum absolute atomic E-state index is 0.0136. The van der Waals surface area contributed by atoms with Gasteiger partial charge in [0.05, 0.1) is 5.69 Å². The molecule has 118 valence electrons. The average molecular weight is 306 g/mol. The van der Waals surface area contributed by atoms with Crippen LogP contribution in [0.2, 0.25) is 0 Å². The molecular weight excluding hydrogens is 287 g/mol. The number of hydrogen-bond acceptors (Lipinski definition) is 3. The number of aromatic nitrogens is 2. The van der Waals surface area contributed by atoms with Crippen molar-refractivity contribution in [3.05, 3.63) is 41.8 Å². The molecule has 1 aromatic carbocycles. The zero-order valence-corrected chi connectivity index (χ0v) is 12.5. The Morgan fingerprint density at radius 2 is 2.09 bits per heavy atom. The summed E-state index contributed by atoms with van der Waals surface area (Å²) in [5.41, 5.74) is 1.52. The Morgan fingerprint density at radius 3 is 2.73 bits per heavy atom. The van der Waals surface area contributed by atoms with Crippen molar-refractivity contribution in [2.75, 3.05) is 11.9 Å². The van der Waals surface area contributed by atoms with E-state index in [4.69, 9.17) is 5.11 Å². The molecular formula is C15H19FN4O2. The largest absolute Gasteiger partial charge is 0.396 e. The Hall–Kier alpha value is -2.41. The number of amides is 2. The van der Waals surface area contributed by atoms with Crippen LogP contribution in [0.15, 0.2) is 30.3 Å². The molecule has 0 aliphatic heterocycles. The van der Waals surface area contributed by atoms with Gasteiger partial charge < -0.3 is 10.4 Å². The quantitative estimate of drug-likeness (QED) is 0.792. The summed E-state index contributed by atoms with van der Waals surface area (Å²) in [6.07, 6.45) is 0.483. The van der Waals surface area contributed by atoms with Crippen molar-refractivity contribution in [1.82, 2.24) is 15.1 Å². The summed E-state index contributed by atoms with van der Waals surface area (Å²) in [6.45, 7) is 3.66. The predicted molar refractivity (Wildman–Crippen MR) is 81.6 cm³/mol. The van der Waals surface area contributed by atoms with Gasteiger partial charge >= 0.3 is 6.03 Å². The number of hydrogen-bond donors (Lipinski definition) is 3. The third kappa shape index (κ3) is 4.05. The summed E-state index contributed by atoms with van der Waals surface area (Å²) in [5.74, 6) is 0.0830. The van der Waals surface area contributed by atoms with Crippen molar-refractivity contribution >= 4 is 11.8 Å². The zero-order valence-electron chi connectivity index (χ0n) is 12.5. The molecule has 0 bridgehead atoms. The molecule has 0 aliphatic carbocycles. The van der Waals surface area contributed by atoms with Crippen molar-refractivity contribution in [2.24, 2.45) is 0 Å². The van der Waals surface area contributed by atoms with Gasteiger partial charge in [-0.15, -0.1) is 5.10 Å². The number of nitrogens with one attached hydrogen (secondary N) is 2. The molecule has 0 spiro atoms. The molecule has 0 saturated heterocycles. The van der Waals surface area contributed by atoms with Crippen LogP contribution in [0.3, 0.4) is 0 Å². The van der Waals surface area contributed by atoms with Crippen LogP contribution in [0.5, 0.6) is 0 Å². The lowest BCUT2D eigenvalue weighted by Crippen LogP contribution is -2.36. The number of aliphatic hydroxyl groups is 1. The molecule has 1 aromatic heterocycles. The van der Waals surface area contributed by atoms with Crippen LogP contribution < -0.4 is 10.6 Å². The molecule has 2 amide bonds. The van der Waals surface area contributed by atoms with Gasteiger partial charge in [0.2, 0.25) is 0 Å². The van der Waals surface area contributed by atoms with E-state index in [9.17, 15) is 9.18 Å². The maximum Gasteiger partial charge on any atom is 0.320 e. The fourth-order valence-corrected chi connectivity index (χ4v) is 2.02. The number of rotatable bonds is 5. The predicted octanol–water partition coefficient (Wildman–Crippen LogP) is 2.21. The number of carbonyl (C=O) groups excluding carboxylic acids is 1. The summed E-state index contributed by atoms with van der Waals surface area (Å²) in [6, 6.07) is 7.14. The van der Waals surface area contributed by atoms with Crippen LogP contribution in [0.25, 0.3) is 5.69 Å². The summed E-state index contributed by atoms with van der Waals surface area (Å²) in [4.78, 5) is 11.8. The van der Waals surface area contributed by atoms with E-state index in [1.165, 1.54) is 12.1 Å². The smallest absolute Gasteiger partial charge is 0.320 e. The van der Waals surface area contributed by atoms with Gasteiger partial charge in [0, 0.05) is 24.4 Å². The number of anilines is 1. The normalized spacial score (nSPS) is 12.0. The van der Waals surface area contributed by atoms with Gasteiger partial charge in [0.1, 0.15) is 5.82 Å². The molecule has 0 aliphatic rings. The number of halogens is 1. The molecule has 0 saturated carbocycles. The fourth-order valence-electron chi connectivity index (χ4n) is 2.02. The standard InChI is InChI=1S/C15H19FN4O2/c1-10(7-8-21)17-15(22)18-14-9-11(2)20(19-14)13-5-3-12(16)4-6-13/h3-6,9-10,21H,7-8H2,1-2H3,(H2,17,18,19,22). The van der Waals surface area contributed by atoms with Crippen molar-refractivity contribution in [3.8, 4) is 5.69 Å². The van der Waals surface area contributed by atoms with Crippen molar-refractivity contribution in [1.29, 1.82) is 0 Å². The second kappa shape index (κ2) is 7.04. The molecule has 3 N–H and O–H groups in total. The van der Waals surface area contributed by atoms with Gasteiger partial charge in [-0.2, -0.15) is 0 Å². The summed E-state index contributed by atoms with van der Waals surface area (Å²) >= 11 is 0. The summed E-state index contributed by atoms with van der Waals surface area (Å²) < 4.78 is 14.6. The Bertz CT molecular complexity index is 639. The number of aryl methyl sites for hydroxylation is 1. The molecule has 22 heavy (non-hydrogen) atoms. The average Bonchev–Trinajstić information content (AvgIpc) is 2.80. The van der Waals surface area contributed by atoms with Crippen LogP contribution in [-0.2, 0) is 0 Å². The fraction of sp³-hybridized carbons (Fsp3) is 0.333. The Balaban J connectivity index is 2.06. The molecule has 1 atom stereocenters. The highest BCUT2D eigenvalue weighted by atomic mass is 19.1. The van der Waals surface area contributed by atoms with Crippen molar-refractivity contribution in [3.63, 3.8) is 0 Å². The first kappa shape index (κ1) is 16.0. The van der Waals surface area contributed by atoms with Crippen LogP contribution in [0, 0.1) is 12.7 Å². The van der Waals surface area contributed by atoms with Gasteiger partial charge in [-0.05, 0) is 44.5 Å². The van der Waals surface area contributed by atoms with Crippen LogP contribution in [-0.4, -0.2) is 33.6 Å². The second-order valence-corrected chi connectivity index (χ2v) is 5.07. The van der Waals surface area contributed by atoms with Crippen molar-refractivity contribution < 1.29 is 14.3 Å². The maximum absolute atomic E-state index is 13.0. The highest BCUT2D eigenvalue weighted by Gasteiger charge is 2.11. The highest BCUT2D eigenvalue weighted by molar-refractivity contribution is 5.88. The molecule has 0 radical (unpaired) electrons. The lowest BCUT2D eigenvalue weighted by Gasteiger charge is -2.12. The number of urea groups is 1. The number of carbonyl (C=O) groups is 1. The Kier molecular flexibility index (Phi) is 5.11. The van der Waals surface area contributed by atoms with Crippen molar-refractivity contribution in [2.45, 2.75) is 26.3 Å². The Morgan fingerprint density at radius 1 is 1.41 bits per heavy atom. The molecule has 6 nitrogen and oxygen atoms in total. The third-order valence-electron chi connectivity index (χ3n) is 3.14. The van der Waals surface area contributed by atoms with Gasteiger partial charge in [-0.1, -0.05) is 0 Å². The van der Waals surface area contributed by atoms with Gasteiger partial charge in [-0.25, -0.2) is 13.9 Å². The molecule has 7 heteroatoms. The molecule has 2 aromatic rings. The van der Waals surface area contributed by atoms with Gasteiger partial charge in [0.15, 0.2) is 5.82 Å². The maximum atomic E-state index is 13.0.